The second-order valence-corrected chi connectivity index (χ2v) is 4.08. The molecule has 0 aliphatic heterocycles. The summed E-state index contributed by atoms with van der Waals surface area (Å²) in [6.45, 7) is 2.77. The Balaban J connectivity index is 2.55. The van der Waals surface area contributed by atoms with Gasteiger partial charge in [0.25, 0.3) is 0 Å². The minimum absolute atomic E-state index is 0.184. The molecule has 1 aliphatic carbocycles. The highest BCUT2D eigenvalue weighted by Crippen LogP contribution is 2.33. The maximum absolute atomic E-state index is 10.9. The number of carbonyl (C=O) groups is 1. The van der Waals surface area contributed by atoms with E-state index in [0.717, 1.165) is 19.3 Å². The third kappa shape index (κ3) is 2.69. The lowest BCUT2D eigenvalue weighted by Crippen LogP contribution is -2.32. The molecule has 3 atom stereocenters. The summed E-state index contributed by atoms with van der Waals surface area (Å²) in [4.78, 5) is 10.9. The van der Waals surface area contributed by atoms with Crippen LogP contribution in [0.15, 0.2) is 0 Å². The average molecular weight is 186 g/mol. The van der Waals surface area contributed by atoms with Gasteiger partial charge in [-0.15, -0.1) is 0 Å². The van der Waals surface area contributed by atoms with E-state index in [1.165, 1.54) is 0 Å². The Morgan fingerprint density at radius 1 is 1.54 bits per heavy atom. The molecule has 3 unspecified atom stereocenters. The van der Waals surface area contributed by atoms with E-state index in [2.05, 4.69) is 6.92 Å². The minimum atomic E-state index is -0.658. The molecular weight excluding hydrogens is 168 g/mol. The van der Waals surface area contributed by atoms with Gasteiger partial charge >= 0.3 is 5.97 Å². The van der Waals surface area contributed by atoms with Gasteiger partial charge in [-0.05, 0) is 31.1 Å². The highest BCUT2D eigenvalue weighted by molar-refractivity contribution is 5.70. The van der Waals surface area contributed by atoms with E-state index in [0.29, 0.717) is 12.5 Å². The van der Waals surface area contributed by atoms with Crippen molar-refractivity contribution in [3.8, 4) is 0 Å². The number of hydrogen-bond donors (Lipinski definition) is 1. The fourth-order valence-electron chi connectivity index (χ4n) is 2.22. The Kier molecular flexibility index (Phi) is 3.72. The first-order chi connectivity index (χ1) is 6.15. The molecular formula is C10H18O3. The molecule has 1 saturated carbocycles. The van der Waals surface area contributed by atoms with Crippen LogP contribution in [0, 0.1) is 17.8 Å². The summed E-state index contributed by atoms with van der Waals surface area (Å²) in [5.41, 5.74) is 0. The summed E-state index contributed by atoms with van der Waals surface area (Å²) in [6, 6.07) is 0. The highest BCUT2D eigenvalue weighted by Gasteiger charge is 2.33. The van der Waals surface area contributed by atoms with Gasteiger partial charge in [-0.3, -0.25) is 4.79 Å². The van der Waals surface area contributed by atoms with Gasteiger partial charge in [0.15, 0.2) is 0 Å². The van der Waals surface area contributed by atoms with Crippen LogP contribution in [0.3, 0.4) is 0 Å². The Hall–Kier alpha value is -0.570. The van der Waals surface area contributed by atoms with E-state index in [4.69, 9.17) is 9.84 Å². The van der Waals surface area contributed by atoms with Gasteiger partial charge in [0, 0.05) is 13.7 Å². The topological polar surface area (TPSA) is 46.5 Å². The Bertz CT molecular complexity index is 179. The number of methoxy groups -OCH3 is 1. The maximum atomic E-state index is 10.9. The van der Waals surface area contributed by atoms with Crippen LogP contribution in [0.2, 0.25) is 0 Å². The standard InChI is InChI=1S/C10H18O3/c1-7-3-4-9(10(11)12)8(5-7)6-13-2/h7-9H,3-6H2,1-2H3,(H,11,12). The number of hydrogen-bond acceptors (Lipinski definition) is 2. The molecule has 0 bridgehead atoms. The van der Waals surface area contributed by atoms with Gasteiger partial charge in [-0.2, -0.15) is 0 Å². The molecule has 0 aromatic carbocycles. The molecule has 1 fully saturated rings. The number of carboxylic acid groups (broad SMARTS) is 1. The molecule has 0 aromatic rings. The molecule has 0 spiro atoms. The van der Waals surface area contributed by atoms with Crippen LogP contribution >= 0.6 is 0 Å². The lowest BCUT2D eigenvalue weighted by molar-refractivity contribution is -0.146. The summed E-state index contributed by atoms with van der Waals surface area (Å²) >= 11 is 0. The van der Waals surface area contributed by atoms with Crippen molar-refractivity contribution < 1.29 is 14.6 Å². The summed E-state index contributed by atoms with van der Waals surface area (Å²) in [5, 5.41) is 8.97. The van der Waals surface area contributed by atoms with Crippen molar-refractivity contribution in [2.45, 2.75) is 26.2 Å². The van der Waals surface area contributed by atoms with E-state index in [-0.39, 0.29) is 11.8 Å². The first-order valence-electron chi connectivity index (χ1n) is 4.87. The normalized spacial score (nSPS) is 34.5. The largest absolute Gasteiger partial charge is 0.481 e. The van der Waals surface area contributed by atoms with Crippen molar-refractivity contribution in [2.24, 2.45) is 17.8 Å². The van der Waals surface area contributed by atoms with Crippen molar-refractivity contribution in [2.75, 3.05) is 13.7 Å². The van der Waals surface area contributed by atoms with Gasteiger partial charge in [-0.1, -0.05) is 6.92 Å². The van der Waals surface area contributed by atoms with Crippen molar-refractivity contribution >= 4 is 5.97 Å². The van der Waals surface area contributed by atoms with Crippen LogP contribution in [-0.2, 0) is 9.53 Å². The molecule has 0 radical (unpaired) electrons. The average Bonchev–Trinajstić information content (AvgIpc) is 2.04. The third-order valence-electron chi connectivity index (χ3n) is 2.94. The van der Waals surface area contributed by atoms with Crippen LogP contribution in [0.25, 0.3) is 0 Å². The molecule has 1 aliphatic rings. The van der Waals surface area contributed by atoms with Crippen molar-refractivity contribution in [1.82, 2.24) is 0 Å². The molecule has 13 heavy (non-hydrogen) atoms. The Morgan fingerprint density at radius 2 is 2.23 bits per heavy atom. The van der Waals surface area contributed by atoms with Gasteiger partial charge in [-0.25, -0.2) is 0 Å². The summed E-state index contributed by atoms with van der Waals surface area (Å²) in [7, 11) is 1.64. The monoisotopic (exact) mass is 186 g/mol. The summed E-state index contributed by atoms with van der Waals surface area (Å²) in [5.74, 6) is 0.0205. The molecule has 0 aromatic heterocycles. The van der Waals surface area contributed by atoms with Gasteiger partial charge in [0.05, 0.1) is 5.92 Å². The fraction of sp³-hybridized carbons (Fsp3) is 0.900. The first kappa shape index (κ1) is 10.5. The molecule has 0 heterocycles. The van der Waals surface area contributed by atoms with Crippen LogP contribution in [0.4, 0.5) is 0 Å². The molecule has 0 saturated heterocycles. The van der Waals surface area contributed by atoms with E-state index >= 15 is 0 Å². The minimum Gasteiger partial charge on any atom is -0.481 e. The molecule has 76 valence electrons. The van der Waals surface area contributed by atoms with Gasteiger partial charge in [0.2, 0.25) is 0 Å². The lowest BCUT2D eigenvalue weighted by atomic mass is 9.75. The van der Waals surface area contributed by atoms with Crippen LogP contribution < -0.4 is 0 Å². The smallest absolute Gasteiger partial charge is 0.306 e. The number of ether oxygens (including phenoxy) is 1. The lowest BCUT2D eigenvalue weighted by Gasteiger charge is -2.31. The van der Waals surface area contributed by atoms with Crippen molar-refractivity contribution in [3.63, 3.8) is 0 Å². The predicted molar refractivity (Wildman–Crippen MR) is 49.5 cm³/mol. The zero-order chi connectivity index (χ0) is 9.84. The highest BCUT2D eigenvalue weighted by atomic mass is 16.5. The van der Waals surface area contributed by atoms with Gasteiger partial charge in [0.1, 0.15) is 0 Å². The SMILES string of the molecule is COCC1CC(C)CCC1C(=O)O. The maximum Gasteiger partial charge on any atom is 0.306 e. The van der Waals surface area contributed by atoms with E-state index < -0.39 is 5.97 Å². The zero-order valence-corrected chi connectivity index (χ0v) is 8.32. The van der Waals surface area contributed by atoms with E-state index in [9.17, 15) is 4.79 Å². The first-order valence-corrected chi connectivity index (χ1v) is 4.87. The van der Waals surface area contributed by atoms with Crippen molar-refractivity contribution in [3.05, 3.63) is 0 Å². The number of rotatable bonds is 3. The van der Waals surface area contributed by atoms with E-state index in [1.807, 2.05) is 0 Å². The predicted octanol–water partition coefficient (Wildman–Crippen LogP) is 1.77. The van der Waals surface area contributed by atoms with E-state index in [1.54, 1.807) is 7.11 Å². The fourth-order valence-corrected chi connectivity index (χ4v) is 2.22. The zero-order valence-electron chi connectivity index (χ0n) is 8.32. The number of aliphatic carboxylic acids is 1. The molecule has 3 nitrogen and oxygen atoms in total. The van der Waals surface area contributed by atoms with Crippen LogP contribution in [0.5, 0.6) is 0 Å². The second-order valence-electron chi connectivity index (χ2n) is 4.08. The van der Waals surface area contributed by atoms with Crippen molar-refractivity contribution in [1.29, 1.82) is 0 Å². The third-order valence-corrected chi connectivity index (χ3v) is 2.94. The summed E-state index contributed by atoms with van der Waals surface area (Å²) in [6.07, 6.45) is 2.84. The quantitative estimate of drug-likeness (QED) is 0.730. The molecule has 1 N–H and O–H groups in total. The van der Waals surface area contributed by atoms with Crippen LogP contribution in [-0.4, -0.2) is 24.8 Å². The Morgan fingerprint density at radius 3 is 2.77 bits per heavy atom. The molecule has 3 heteroatoms. The second kappa shape index (κ2) is 4.61. The molecule has 1 rings (SSSR count). The number of carboxylic acids is 1. The summed E-state index contributed by atoms with van der Waals surface area (Å²) < 4.78 is 5.05. The Labute approximate surface area is 79.1 Å². The molecule has 0 amide bonds. The van der Waals surface area contributed by atoms with Gasteiger partial charge < -0.3 is 9.84 Å². The van der Waals surface area contributed by atoms with Crippen LogP contribution in [0.1, 0.15) is 26.2 Å².